The zero-order chi connectivity index (χ0) is 21.2. The third kappa shape index (κ3) is 4.14. The first-order valence-electron chi connectivity index (χ1n) is 10.2. The fourth-order valence-electron chi connectivity index (χ4n) is 3.46. The van der Waals surface area contributed by atoms with E-state index in [0.29, 0.717) is 22.5 Å². The highest BCUT2D eigenvalue weighted by atomic mass is 16.2. The summed E-state index contributed by atoms with van der Waals surface area (Å²) in [6.07, 6.45) is 5.47. The van der Waals surface area contributed by atoms with Crippen molar-refractivity contribution in [1.82, 2.24) is 15.3 Å². The minimum Gasteiger partial charge on any atom is -0.349 e. The number of nitrogens with zero attached hydrogens (tertiary/aromatic N) is 2. The summed E-state index contributed by atoms with van der Waals surface area (Å²) in [6.45, 7) is 0. The van der Waals surface area contributed by atoms with E-state index in [1.807, 2.05) is 36.4 Å². The summed E-state index contributed by atoms with van der Waals surface area (Å²) < 4.78 is 0. The average molecular weight is 408 g/mol. The van der Waals surface area contributed by atoms with E-state index in [4.69, 9.17) is 4.98 Å². The van der Waals surface area contributed by atoms with Crippen molar-refractivity contribution in [3.05, 3.63) is 90.3 Å². The summed E-state index contributed by atoms with van der Waals surface area (Å²) in [5.41, 5.74) is 3.84. The molecule has 152 valence electrons. The second-order valence-electron chi connectivity index (χ2n) is 7.60. The summed E-state index contributed by atoms with van der Waals surface area (Å²) >= 11 is 0. The van der Waals surface area contributed by atoms with Gasteiger partial charge in [0.25, 0.3) is 11.8 Å². The molecule has 0 saturated heterocycles. The van der Waals surface area contributed by atoms with Crippen LogP contribution in [0.15, 0.2) is 79.1 Å². The fraction of sp³-hybridized carbons (Fsp3) is 0.120. The van der Waals surface area contributed by atoms with E-state index in [-0.39, 0.29) is 17.9 Å². The molecule has 0 unspecified atom stereocenters. The van der Waals surface area contributed by atoms with Crippen molar-refractivity contribution in [2.45, 2.75) is 18.9 Å². The number of fused-ring (bicyclic) bond motifs is 1. The summed E-state index contributed by atoms with van der Waals surface area (Å²) in [5, 5.41) is 6.66. The van der Waals surface area contributed by atoms with Crippen LogP contribution in [0.5, 0.6) is 0 Å². The van der Waals surface area contributed by atoms with Gasteiger partial charge in [0.2, 0.25) is 0 Å². The van der Waals surface area contributed by atoms with Crippen LogP contribution in [0.3, 0.4) is 0 Å². The smallest absolute Gasteiger partial charge is 0.256 e. The van der Waals surface area contributed by atoms with Gasteiger partial charge in [0.1, 0.15) is 0 Å². The van der Waals surface area contributed by atoms with Gasteiger partial charge in [-0.2, -0.15) is 0 Å². The Hall–Kier alpha value is -4.06. The molecule has 6 nitrogen and oxygen atoms in total. The zero-order valence-electron chi connectivity index (χ0n) is 16.7. The van der Waals surface area contributed by atoms with Crippen molar-refractivity contribution < 1.29 is 9.59 Å². The van der Waals surface area contributed by atoms with Crippen molar-refractivity contribution >= 4 is 28.4 Å². The van der Waals surface area contributed by atoms with Gasteiger partial charge in [-0.25, -0.2) is 4.98 Å². The van der Waals surface area contributed by atoms with Gasteiger partial charge in [0, 0.05) is 40.6 Å². The van der Waals surface area contributed by atoms with Gasteiger partial charge in [0.15, 0.2) is 0 Å². The van der Waals surface area contributed by atoms with Crippen LogP contribution in [-0.2, 0) is 0 Å². The molecule has 6 heteroatoms. The van der Waals surface area contributed by atoms with E-state index < -0.39 is 0 Å². The number of amides is 2. The van der Waals surface area contributed by atoms with E-state index in [9.17, 15) is 9.59 Å². The lowest BCUT2D eigenvalue weighted by molar-refractivity contribution is 0.0949. The van der Waals surface area contributed by atoms with E-state index in [2.05, 4.69) is 15.6 Å². The first kappa shape index (κ1) is 18.9. The molecule has 0 spiro atoms. The van der Waals surface area contributed by atoms with Gasteiger partial charge in [-0.15, -0.1) is 0 Å². The number of benzene rings is 2. The highest BCUT2D eigenvalue weighted by Crippen LogP contribution is 2.25. The second-order valence-corrected chi connectivity index (χ2v) is 7.60. The maximum atomic E-state index is 13.2. The van der Waals surface area contributed by atoms with Crippen LogP contribution in [0.4, 0.5) is 5.69 Å². The lowest BCUT2D eigenvalue weighted by atomic mass is 10.0. The van der Waals surface area contributed by atoms with Crippen molar-refractivity contribution in [3.8, 4) is 11.3 Å². The number of nitrogens with one attached hydrogen (secondary N) is 2. The Labute approximate surface area is 179 Å². The maximum Gasteiger partial charge on any atom is 0.256 e. The monoisotopic (exact) mass is 408 g/mol. The molecule has 1 fully saturated rings. The lowest BCUT2D eigenvalue weighted by Crippen LogP contribution is -2.25. The lowest BCUT2D eigenvalue weighted by Gasteiger charge is -2.11. The highest BCUT2D eigenvalue weighted by Gasteiger charge is 2.24. The molecule has 0 radical (unpaired) electrons. The number of rotatable bonds is 5. The summed E-state index contributed by atoms with van der Waals surface area (Å²) in [4.78, 5) is 34.4. The topological polar surface area (TPSA) is 84.0 Å². The van der Waals surface area contributed by atoms with Crippen molar-refractivity contribution in [2.24, 2.45) is 0 Å². The Bertz CT molecular complexity index is 1280. The average Bonchev–Trinajstić information content (AvgIpc) is 3.63. The maximum absolute atomic E-state index is 13.2. The Kier molecular flexibility index (Phi) is 4.88. The first-order chi connectivity index (χ1) is 15.2. The molecule has 2 N–H and O–H groups in total. The summed E-state index contributed by atoms with van der Waals surface area (Å²) in [7, 11) is 0. The predicted molar refractivity (Wildman–Crippen MR) is 120 cm³/mol. The third-order valence-corrected chi connectivity index (χ3v) is 5.21. The standard InChI is InChI=1S/C25H20N4O2/c30-24(27-18-10-11-18)16-5-3-7-19(13-16)28-25(31)21-14-23(17-6-4-12-26-15-17)29-22-9-2-1-8-20(21)22/h1-9,12-15,18H,10-11H2,(H,27,30)(H,28,31). The molecule has 0 atom stereocenters. The minimum absolute atomic E-state index is 0.119. The van der Waals surface area contributed by atoms with E-state index in [1.54, 1.807) is 42.7 Å². The van der Waals surface area contributed by atoms with Crippen molar-refractivity contribution in [1.29, 1.82) is 0 Å². The normalized spacial score (nSPS) is 13.0. The number of carbonyl (C=O) groups is 2. The number of para-hydroxylation sites is 1. The molecule has 31 heavy (non-hydrogen) atoms. The van der Waals surface area contributed by atoms with Crippen LogP contribution < -0.4 is 10.6 Å². The van der Waals surface area contributed by atoms with Crippen molar-refractivity contribution in [3.63, 3.8) is 0 Å². The zero-order valence-corrected chi connectivity index (χ0v) is 16.7. The van der Waals surface area contributed by atoms with Gasteiger partial charge >= 0.3 is 0 Å². The number of hydrogen-bond donors (Lipinski definition) is 2. The Balaban J connectivity index is 1.47. The molecule has 0 aliphatic heterocycles. The van der Waals surface area contributed by atoms with Crippen LogP contribution >= 0.6 is 0 Å². The largest absolute Gasteiger partial charge is 0.349 e. The Morgan fingerprint density at radius 2 is 1.77 bits per heavy atom. The number of hydrogen-bond acceptors (Lipinski definition) is 4. The molecular weight excluding hydrogens is 388 g/mol. The Morgan fingerprint density at radius 3 is 2.58 bits per heavy atom. The molecule has 2 heterocycles. The quantitative estimate of drug-likeness (QED) is 0.511. The molecule has 4 aromatic rings. The second kappa shape index (κ2) is 7.99. The number of aromatic nitrogens is 2. The molecule has 2 amide bonds. The van der Waals surface area contributed by atoms with Crippen LogP contribution in [0.2, 0.25) is 0 Å². The fourth-order valence-corrected chi connectivity index (χ4v) is 3.46. The minimum atomic E-state index is -0.261. The van der Waals surface area contributed by atoms with Crippen LogP contribution in [0.1, 0.15) is 33.6 Å². The SMILES string of the molecule is O=C(NC1CC1)c1cccc(NC(=O)c2cc(-c3cccnc3)nc3ccccc23)c1. The molecule has 1 saturated carbocycles. The van der Waals surface area contributed by atoms with Gasteiger partial charge in [-0.3, -0.25) is 14.6 Å². The molecule has 5 rings (SSSR count). The van der Waals surface area contributed by atoms with Crippen LogP contribution in [0.25, 0.3) is 22.2 Å². The molecular formula is C25H20N4O2. The van der Waals surface area contributed by atoms with Crippen LogP contribution in [0, 0.1) is 0 Å². The van der Waals surface area contributed by atoms with E-state index in [0.717, 1.165) is 29.3 Å². The van der Waals surface area contributed by atoms with Gasteiger partial charge in [-0.1, -0.05) is 24.3 Å². The predicted octanol–water partition coefficient (Wildman–Crippen LogP) is 4.44. The number of anilines is 1. The van der Waals surface area contributed by atoms with E-state index >= 15 is 0 Å². The van der Waals surface area contributed by atoms with Gasteiger partial charge in [-0.05, 0) is 55.3 Å². The summed E-state index contributed by atoms with van der Waals surface area (Å²) in [5.74, 6) is -0.379. The Morgan fingerprint density at radius 1 is 0.903 bits per heavy atom. The third-order valence-electron chi connectivity index (χ3n) is 5.21. The molecule has 2 aromatic heterocycles. The van der Waals surface area contributed by atoms with Gasteiger partial charge in [0.05, 0.1) is 16.8 Å². The molecule has 1 aliphatic rings. The first-order valence-corrected chi connectivity index (χ1v) is 10.2. The molecule has 1 aliphatic carbocycles. The molecule has 2 aromatic carbocycles. The molecule has 0 bridgehead atoms. The number of carbonyl (C=O) groups excluding carboxylic acids is 2. The summed E-state index contributed by atoms with van der Waals surface area (Å²) in [6, 6.07) is 20.3. The van der Waals surface area contributed by atoms with Crippen LogP contribution in [-0.4, -0.2) is 27.8 Å². The highest BCUT2D eigenvalue weighted by molar-refractivity contribution is 6.13. The van der Waals surface area contributed by atoms with E-state index in [1.165, 1.54) is 0 Å². The number of pyridine rings is 2. The van der Waals surface area contributed by atoms with Gasteiger partial charge < -0.3 is 10.6 Å². The van der Waals surface area contributed by atoms with Crippen molar-refractivity contribution in [2.75, 3.05) is 5.32 Å².